The Hall–Kier alpha value is -2.43. The van der Waals surface area contributed by atoms with E-state index in [4.69, 9.17) is 11.6 Å². The number of aliphatic hydroxyl groups excluding tert-OH is 1. The van der Waals surface area contributed by atoms with Gasteiger partial charge in [-0.05, 0) is 24.3 Å². The maximum Gasteiger partial charge on any atom is 0.196 e. The summed E-state index contributed by atoms with van der Waals surface area (Å²) in [6, 6.07) is 14.1. The lowest BCUT2D eigenvalue weighted by Crippen LogP contribution is -2.09. The van der Waals surface area contributed by atoms with Gasteiger partial charge in [0.15, 0.2) is 5.78 Å². The van der Waals surface area contributed by atoms with Gasteiger partial charge in [0.25, 0.3) is 0 Å². The third kappa shape index (κ3) is 2.54. The van der Waals surface area contributed by atoms with E-state index in [0.717, 1.165) is 0 Å². The number of hydrogen-bond acceptors (Lipinski definition) is 3. The van der Waals surface area contributed by atoms with Crippen molar-refractivity contribution < 1.29 is 9.90 Å². The SMILES string of the molecule is O=C(c1ccccc1Cl)c1ccccc1-n1ccnc1CO. The minimum atomic E-state index is -0.207. The van der Waals surface area contributed by atoms with Gasteiger partial charge in [0.2, 0.25) is 0 Å². The quantitative estimate of drug-likeness (QED) is 0.752. The second-order valence-electron chi connectivity index (χ2n) is 4.70. The van der Waals surface area contributed by atoms with Crippen LogP contribution in [0.15, 0.2) is 60.9 Å². The van der Waals surface area contributed by atoms with E-state index in [2.05, 4.69) is 4.98 Å². The Labute approximate surface area is 132 Å². The Kier molecular flexibility index (Phi) is 4.04. The van der Waals surface area contributed by atoms with Gasteiger partial charge >= 0.3 is 0 Å². The molecule has 3 rings (SSSR count). The van der Waals surface area contributed by atoms with Crippen molar-refractivity contribution in [2.24, 2.45) is 0 Å². The number of ketones is 1. The van der Waals surface area contributed by atoms with Gasteiger partial charge in [-0.3, -0.25) is 4.79 Å². The predicted molar refractivity (Wildman–Crippen MR) is 84.4 cm³/mol. The van der Waals surface area contributed by atoms with Crippen molar-refractivity contribution in [3.05, 3.63) is 82.9 Å². The van der Waals surface area contributed by atoms with Gasteiger partial charge in [-0.15, -0.1) is 0 Å². The van der Waals surface area contributed by atoms with Crippen LogP contribution in [0.3, 0.4) is 0 Å². The van der Waals surface area contributed by atoms with Gasteiger partial charge in [0.05, 0.1) is 10.7 Å². The fourth-order valence-electron chi connectivity index (χ4n) is 2.34. The monoisotopic (exact) mass is 312 g/mol. The molecule has 0 unspecified atom stereocenters. The van der Waals surface area contributed by atoms with Crippen LogP contribution < -0.4 is 0 Å². The molecule has 0 saturated carbocycles. The standard InChI is InChI=1S/C17H13ClN2O2/c18-14-7-3-1-5-12(14)17(22)13-6-2-4-8-15(13)20-10-9-19-16(20)11-21/h1-10,21H,11H2. The van der Waals surface area contributed by atoms with Gasteiger partial charge in [-0.1, -0.05) is 35.9 Å². The number of hydrogen-bond donors (Lipinski definition) is 1. The molecule has 0 aliphatic rings. The van der Waals surface area contributed by atoms with E-state index in [0.29, 0.717) is 27.7 Å². The van der Waals surface area contributed by atoms with Gasteiger partial charge in [-0.25, -0.2) is 4.98 Å². The number of imidazole rings is 1. The summed E-state index contributed by atoms with van der Waals surface area (Å²) in [5, 5.41) is 9.78. The Morgan fingerprint density at radius 1 is 1.09 bits per heavy atom. The maximum absolute atomic E-state index is 12.8. The summed E-state index contributed by atoms with van der Waals surface area (Å²) in [5.74, 6) is 0.304. The zero-order valence-corrected chi connectivity index (χ0v) is 12.4. The lowest BCUT2D eigenvalue weighted by atomic mass is 10.0. The summed E-state index contributed by atoms with van der Waals surface area (Å²) in [6.45, 7) is -0.207. The Morgan fingerprint density at radius 3 is 2.50 bits per heavy atom. The summed E-state index contributed by atoms with van der Waals surface area (Å²) in [7, 11) is 0. The molecule has 0 aliphatic carbocycles. The molecule has 3 aromatic rings. The van der Waals surface area contributed by atoms with E-state index in [1.54, 1.807) is 53.4 Å². The zero-order chi connectivity index (χ0) is 15.5. The normalized spacial score (nSPS) is 10.6. The molecule has 0 radical (unpaired) electrons. The van der Waals surface area contributed by atoms with Crippen LogP contribution in [0.2, 0.25) is 5.02 Å². The van der Waals surface area contributed by atoms with Crippen LogP contribution in [-0.4, -0.2) is 20.4 Å². The summed E-state index contributed by atoms with van der Waals surface area (Å²) in [4.78, 5) is 16.9. The topological polar surface area (TPSA) is 55.1 Å². The first-order valence-corrected chi connectivity index (χ1v) is 7.12. The molecule has 4 nitrogen and oxygen atoms in total. The summed E-state index contributed by atoms with van der Waals surface area (Å²) >= 11 is 6.12. The molecule has 5 heteroatoms. The van der Waals surface area contributed by atoms with E-state index >= 15 is 0 Å². The second kappa shape index (κ2) is 6.13. The highest BCUT2D eigenvalue weighted by atomic mass is 35.5. The number of halogens is 1. The average Bonchev–Trinajstić information content (AvgIpc) is 3.03. The molecule has 1 aromatic heterocycles. The lowest BCUT2D eigenvalue weighted by molar-refractivity contribution is 0.103. The van der Waals surface area contributed by atoms with Crippen LogP contribution in [0.1, 0.15) is 21.7 Å². The van der Waals surface area contributed by atoms with Crippen molar-refractivity contribution in [3.8, 4) is 5.69 Å². The summed E-state index contributed by atoms with van der Waals surface area (Å²) in [5.41, 5.74) is 1.61. The van der Waals surface area contributed by atoms with Crippen LogP contribution in [0.4, 0.5) is 0 Å². The lowest BCUT2D eigenvalue weighted by Gasteiger charge is -2.12. The van der Waals surface area contributed by atoms with Crippen molar-refractivity contribution in [2.75, 3.05) is 0 Å². The first-order chi connectivity index (χ1) is 10.7. The summed E-state index contributed by atoms with van der Waals surface area (Å²) < 4.78 is 1.70. The molecule has 1 N–H and O–H groups in total. The van der Waals surface area contributed by atoms with E-state index in [-0.39, 0.29) is 12.4 Å². The molecule has 0 amide bonds. The minimum Gasteiger partial charge on any atom is -0.388 e. The van der Waals surface area contributed by atoms with Gasteiger partial charge in [-0.2, -0.15) is 0 Å². The van der Waals surface area contributed by atoms with Gasteiger partial charge in [0, 0.05) is 23.5 Å². The molecule has 1 heterocycles. The summed E-state index contributed by atoms with van der Waals surface area (Å²) in [6.07, 6.45) is 3.30. The number of carbonyl (C=O) groups excluding carboxylic acids is 1. The van der Waals surface area contributed by atoms with Crippen molar-refractivity contribution in [2.45, 2.75) is 6.61 Å². The largest absolute Gasteiger partial charge is 0.388 e. The van der Waals surface area contributed by atoms with Crippen molar-refractivity contribution in [1.82, 2.24) is 9.55 Å². The molecule has 0 bridgehead atoms. The number of rotatable bonds is 4. The molecular formula is C17H13ClN2O2. The third-order valence-electron chi connectivity index (χ3n) is 3.39. The Morgan fingerprint density at radius 2 is 1.77 bits per heavy atom. The van der Waals surface area contributed by atoms with Crippen LogP contribution in [0.25, 0.3) is 5.69 Å². The van der Waals surface area contributed by atoms with Crippen LogP contribution >= 0.6 is 11.6 Å². The van der Waals surface area contributed by atoms with E-state index < -0.39 is 0 Å². The highest BCUT2D eigenvalue weighted by Gasteiger charge is 2.17. The Balaban J connectivity index is 2.13. The molecule has 0 aliphatic heterocycles. The number of benzene rings is 2. The predicted octanol–water partition coefficient (Wildman–Crippen LogP) is 3.25. The van der Waals surface area contributed by atoms with E-state index in [1.807, 2.05) is 12.1 Å². The molecule has 110 valence electrons. The number of nitrogens with zero attached hydrogens (tertiary/aromatic N) is 2. The second-order valence-corrected chi connectivity index (χ2v) is 5.10. The van der Waals surface area contributed by atoms with Crippen LogP contribution in [0, 0.1) is 0 Å². The molecule has 2 aromatic carbocycles. The number of aliphatic hydroxyl groups is 1. The smallest absolute Gasteiger partial charge is 0.196 e. The Bertz CT molecular complexity index is 827. The fourth-order valence-corrected chi connectivity index (χ4v) is 2.56. The van der Waals surface area contributed by atoms with Gasteiger partial charge in [0.1, 0.15) is 12.4 Å². The first kappa shape index (κ1) is 14.5. The highest BCUT2D eigenvalue weighted by molar-refractivity contribution is 6.35. The fraction of sp³-hybridized carbons (Fsp3) is 0.0588. The molecule has 0 fully saturated rings. The highest BCUT2D eigenvalue weighted by Crippen LogP contribution is 2.23. The number of carbonyl (C=O) groups is 1. The molecule has 0 saturated heterocycles. The molecule has 22 heavy (non-hydrogen) atoms. The van der Waals surface area contributed by atoms with E-state index in [9.17, 15) is 9.90 Å². The number of para-hydroxylation sites is 1. The van der Waals surface area contributed by atoms with Crippen molar-refractivity contribution >= 4 is 17.4 Å². The van der Waals surface area contributed by atoms with Crippen molar-refractivity contribution in [3.63, 3.8) is 0 Å². The third-order valence-corrected chi connectivity index (χ3v) is 3.72. The van der Waals surface area contributed by atoms with Crippen LogP contribution in [0.5, 0.6) is 0 Å². The molecule has 0 atom stereocenters. The molecular weight excluding hydrogens is 300 g/mol. The van der Waals surface area contributed by atoms with Crippen LogP contribution in [-0.2, 0) is 6.61 Å². The minimum absolute atomic E-state index is 0.168. The number of aromatic nitrogens is 2. The van der Waals surface area contributed by atoms with Gasteiger partial charge < -0.3 is 9.67 Å². The molecule has 0 spiro atoms. The average molecular weight is 313 g/mol. The van der Waals surface area contributed by atoms with Crippen molar-refractivity contribution in [1.29, 1.82) is 0 Å². The maximum atomic E-state index is 12.8. The van der Waals surface area contributed by atoms with E-state index in [1.165, 1.54) is 0 Å². The zero-order valence-electron chi connectivity index (χ0n) is 11.6. The first-order valence-electron chi connectivity index (χ1n) is 6.74.